The van der Waals surface area contributed by atoms with Gasteiger partial charge in [-0.2, -0.15) is 0 Å². The lowest BCUT2D eigenvalue weighted by Gasteiger charge is -2.17. The summed E-state index contributed by atoms with van der Waals surface area (Å²) in [5.74, 6) is 0.650. The first-order valence-corrected chi connectivity index (χ1v) is 10.1. The van der Waals surface area contributed by atoms with Gasteiger partial charge < -0.3 is 4.90 Å². The van der Waals surface area contributed by atoms with Crippen LogP contribution in [0.25, 0.3) is 27.6 Å². The molecule has 5 rings (SSSR count). The molecule has 0 atom stereocenters. The lowest BCUT2D eigenvalue weighted by Crippen LogP contribution is -2.19. The monoisotopic (exact) mass is 398 g/mol. The van der Waals surface area contributed by atoms with Crippen molar-refractivity contribution in [2.75, 3.05) is 11.9 Å². The molecule has 0 aliphatic carbocycles. The van der Waals surface area contributed by atoms with E-state index in [1.54, 1.807) is 23.7 Å². The van der Waals surface area contributed by atoms with Crippen molar-refractivity contribution in [3.63, 3.8) is 0 Å². The Morgan fingerprint density at radius 2 is 1.79 bits per heavy atom. The largest absolute Gasteiger partial charge is 0.338 e. The summed E-state index contributed by atoms with van der Waals surface area (Å²) >= 11 is 1.61. The van der Waals surface area contributed by atoms with Gasteiger partial charge in [0.15, 0.2) is 4.96 Å². The molecule has 0 bridgehead atoms. The molecule has 5 aromatic rings. The highest BCUT2D eigenvalue weighted by Crippen LogP contribution is 2.33. The van der Waals surface area contributed by atoms with Crippen LogP contribution in [-0.2, 0) is 6.54 Å². The van der Waals surface area contributed by atoms with Crippen molar-refractivity contribution in [2.45, 2.75) is 6.54 Å². The maximum Gasteiger partial charge on any atom is 0.226 e. The fraction of sp³-hybridized carbons (Fsp3) is 0.0909. The van der Waals surface area contributed by atoms with Crippen molar-refractivity contribution in [2.24, 2.45) is 0 Å². The van der Waals surface area contributed by atoms with Crippen LogP contribution < -0.4 is 4.90 Å². The molecule has 0 radical (unpaired) electrons. The fourth-order valence-electron chi connectivity index (χ4n) is 3.30. The average molecular weight is 398 g/mol. The summed E-state index contributed by atoms with van der Waals surface area (Å²) in [7, 11) is 1.97. The van der Waals surface area contributed by atoms with Crippen LogP contribution in [-0.4, -0.2) is 31.4 Å². The first-order valence-electron chi connectivity index (χ1n) is 9.25. The second-order valence-corrected chi connectivity index (χ2v) is 7.52. The predicted octanol–water partition coefficient (Wildman–Crippen LogP) is 4.55. The van der Waals surface area contributed by atoms with E-state index in [-0.39, 0.29) is 0 Å². The van der Waals surface area contributed by atoms with Crippen molar-refractivity contribution in [1.82, 2.24) is 24.3 Å². The summed E-state index contributed by atoms with van der Waals surface area (Å²) in [6.07, 6.45) is 5.63. The van der Waals surface area contributed by atoms with E-state index >= 15 is 0 Å². The normalized spacial score (nSPS) is 11.1. The van der Waals surface area contributed by atoms with Gasteiger partial charge in [0.05, 0.1) is 23.6 Å². The molecule has 0 saturated carbocycles. The summed E-state index contributed by atoms with van der Waals surface area (Å²) in [5, 5.41) is 2.04. The van der Waals surface area contributed by atoms with Crippen LogP contribution in [0.4, 0.5) is 5.95 Å². The van der Waals surface area contributed by atoms with E-state index < -0.39 is 0 Å². The van der Waals surface area contributed by atoms with E-state index in [0.29, 0.717) is 12.5 Å². The zero-order valence-corrected chi connectivity index (χ0v) is 16.6. The van der Waals surface area contributed by atoms with Gasteiger partial charge in [-0.25, -0.2) is 15.0 Å². The van der Waals surface area contributed by atoms with Crippen molar-refractivity contribution < 1.29 is 0 Å². The Labute approximate surface area is 172 Å². The second kappa shape index (κ2) is 7.44. The molecular weight excluding hydrogens is 380 g/mol. The standard InChI is InChI=1S/C22H18N6S/c1-27(15-17-9-5-6-11-23-17)21-24-12-10-18(25-21)20-19(16-7-3-2-4-8-16)26-22-28(20)13-14-29-22/h2-14H,15H2,1H3. The molecule has 0 N–H and O–H groups in total. The van der Waals surface area contributed by atoms with Gasteiger partial charge in [-0.1, -0.05) is 36.4 Å². The van der Waals surface area contributed by atoms with Crippen molar-refractivity contribution in [3.8, 4) is 22.6 Å². The molecule has 4 aromatic heterocycles. The minimum absolute atomic E-state index is 0.635. The molecular formula is C22H18N6S. The van der Waals surface area contributed by atoms with Gasteiger partial charge in [0, 0.05) is 36.6 Å². The molecule has 142 valence electrons. The summed E-state index contributed by atoms with van der Waals surface area (Å²) < 4.78 is 2.10. The molecule has 4 heterocycles. The summed E-state index contributed by atoms with van der Waals surface area (Å²) in [6.45, 7) is 0.635. The molecule has 0 fully saturated rings. The number of aromatic nitrogens is 5. The summed E-state index contributed by atoms with van der Waals surface area (Å²) in [4.78, 5) is 21.5. The number of rotatable bonds is 5. The molecule has 6 nitrogen and oxygen atoms in total. The van der Waals surface area contributed by atoms with Crippen LogP contribution >= 0.6 is 11.3 Å². The van der Waals surface area contributed by atoms with Gasteiger partial charge >= 0.3 is 0 Å². The van der Waals surface area contributed by atoms with Gasteiger partial charge in [0.2, 0.25) is 5.95 Å². The van der Waals surface area contributed by atoms with Gasteiger partial charge in [-0.15, -0.1) is 11.3 Å². The topological polar surface area (TPSA) is 59.2 Å². The van der Waals surface area contributed by atoms with Crippen molar-refractivity contribution >= 4 is 22.2 Å². The lowest BCUT2D eigenvalue weighted by molar-refractivity contribution is 0.841. The van der Waals surface area contributed by atoms with E-state index in [2.05, 4.69) is 26.5 Å². The zero-order chi connectivity index (χ0) is 19.6. The number of pyridine rings is 1. The van der Waals surface area contributed by atoms with Gasteiger partial charge in [0.1, 0.15) is 5.69 Å². The quantitative estimate of drug-likeness (QED) is 0.435. The number of anilines is 1. The highest BCUT2D eigenvalue weighted by Gasteiger charge is 2.19. The summed E-state index contributed by atoms with van der Waals surface area (Å²) in [6, 6.07) is 18.0. The number of imidazole rings is 1. The van der Waals surface area contributed by atoms with E-state index in [0.717, 1.165) is 33.3 Å². The third-order valence-electron chi connectivity index (χ3n) is 4.66. The van der Waals surface area contributed by atoms with Gasteiger partial charge in [-0.05, 0) is 18.2 Å². The van der Waals surface area contributed by atoms with E-state index in [4.69, 9.17) is 9.97 Å². The minimum Gasteiger partial charge on any atom is -0.338 e. The Bertz CT molecular complexity index is 1250. The van der Waals surface area contributed by atoms with E-state index in [1.165, 1.54) is 0 Å². The molecule has 0 saturated heterocycles. The fourth-order valence-corrected chi connectivity index (χ4v) is 4.01. The Morgan fingerprint density at radius 1 is 0.931 bits per heavy atom. The molecule has 1 aromatic carbocycles. The average Bonchev–Trinajstić information content (AvgIpc) is 3.36. The number of fused-ring (bicyclic) bond motifs is 1. The molecule has 29 heavy (non-hydrogen) atoms. The number of hydrogen-bond acceptors (Lipinski definition) is 6. The Morgan fingerprint density at radius 3 is 2.62 bits per heavy atom. The van der Waals surface area contributed by atoms with Crippen LogP contribution in [0, 0.1) is 0 Å². The van der Waals surface area contributed by atoms with Crippen LogP contribution in [0.1, 0.15) is 5.69 Å². The summed E-state index contributed by atoms with van der Waals surface area (Å²) in [5.41, 5.74) is 4.78. The molecule has 0 unspecified atom stereocenters. The Balaban J connectivity index is 1.57. The van der Waals surface area contributed by atoms with E-state index in [1.807, 2.05) is 66.0 Å². The molecule has 0 aliphatic heterocycles. The van der Waals surface area contributed by atoms with E-state index in [9.17, 15) is 0 Å². The first-order chi connectivity index (χ1) is 14.3. The maximum atomic E-state index is 4.86. The number of thiazole rings is 1. The Kier molecular flexibility index (Phi) is 4.50. The third kappa shape index (κ3) is 3.36. The molecule has 0 amide bonds. The number of benzene rings is 1. The van der Waals surface area contributed by atoms with Crippen LogP contribution in [0.5, 0.6) is 0 Å². The lowest BCUT2D eigenvalue weighted by atomic mass is 10.1. The van der Waals surface area contributed by atoms with Gasteiger partial charge in [-0.3, -0.25) is 9.38 Å². The second-order valence-electron chi connectivity index (χ2n) is 6.65. The predicted molar refractivity (Wildman–Crippen MR) is 116 cm³/mol. The third-order valence-corrected chi connectivity index (χ3v) is 5.42. The Hall–Kier alpha value is -3.58. The van der Waals surface area contributed by atoms with Crippen LogP contribution in [0.15, 0.2) is 78.6 Å². The van der Waals surface area contributed by atoms with Crippen molar-refractivity contribution in [3.05, 3.63) is 84.3 Å². The number of hydrogen-bond donors (Lipinski definition) is 0. The maximum absolute atomic E-state index is 4.86. The highest BCUT2D eigenvalue weighted by molar-refractivity contribution is 7.15. The smallest absolute Gasteiger partial charge is 0.226 e. The minimum atomic E-state index is 0.635. The first kappa shape index (κ1) is 17.5. The SMILES string of the molecule is CN(Cc1ccccn1)c1nccc(-c2c(-c3ccccc3)nc3sccn23)n1. The molecule has 0 spiro atoms. The highest BCUT2D eigenvalue weighted by atomic mass is 32.1. The zero-order valence-electron chi connectivity index (χ0n) is 15.8. The molecule has 0 aliphatic rings. The number of nitrogens with zero attached hydrogens (tertiary/aromatic N) is 6. The molecule has 7 heteroatoms. The van der Waals surface area contributed by atoms with Crippen molar-refractivity contribution in [1.29, 1.82) is 0 Å². The van der Waals surface area contributed by atoms with Gasteiger partial charge in [0.25, 0.3) is 0 Å². The van der Waals surface area contributed by atoms with Crippen LogP contribution in [0.2, 0.25) is 0 Å². The van der Waals surface area contributed by atoms with Crippen LogP contribution in [0.3, 0.4) is 0 Å².